The summed E-state index contributed by atoms with van der Waals surface area (Å²) in [6.07, 6.45) is 5.10. The molecule has 0 bridgehead atoms. The van der Waals surface area contributed by atoms with Gasteiger partial charge in [0.1, 0.15) is 6.61 Å². The van der Waals surface area contributed by atoms with Gasteiger partial charge in [0.05, 0.1) is 5.92 Å². The zero-order valence-corrected chi connectivity index (χ0v) is 20.4. The Morgan fingerprint density at radius 1 is 0.857 bits per heavy atom. The van der Waals surface area contributed by atoms with Crippen molar-refractivity contribution in [1.82, 2.24) is 10.6 Å². The first kappa shape index (κ1) is 26.3. The largest absolute Gasteiger partial charge is 0.481 e. The number of hydrogen-bond acceptors (Lipinski definition) is 4. The van der Waals surface area contributed by atoms with Gasteiger partial charge in [-0.3, -0.25) is 9.59 Å². The maximum Gasteiger partial charge on any atom is 0.407 e. The zero-order chi connectivity index (χ0) is 25.0. The van der Waals surface area contributed by atoms with Crippen LogP contribution in [0.3, 0.4) is 0 Å². The van der Waals surface area contributed by atoms with Crippen LogP contribution in [0.25, 0.3) is 11.1 Å². The third kappa shape index (κ3) is 7.84. The van der Waals surface area contributed by atoms with E-state index in [9.17, 15) is 14.4 Å². The van der Waals surface area contributed by atoms with Crippen LogP contribution in [-0.4, -0.2) is 42.8 Å². The number of alkyl carbamates (subject to hydrolysis) is 1. The lowest BCUT2D eigenvalue weighted by Crippen LogP contribution is -2.27. The van der Waals surface area contributed by atoms with Gasteiger partial charge in [0.15, 0.2) is 0 Å². The summed E-state index contributed by atoms with van der Waals surface area (Å²) in [4.78, 5) is 34.7. The van der Waals surface area contributed by atoms with Crippen LogP contribution in [0.1, 0.15) is 68.9 Å². The zero-order valence-electron chi connectivity index (χ0n) is 20.4. The number of unbranched alkanes of at least 4 members (excludes halogenated alkanes) is 4. The second kappa shape index (κ2) is 13.5. The maximum absolute atomic E-state index is 12.2. The molecule has 2 amide bonds. The Morgan fingerprint density at radius 2 is 1.46 bits per heavy atom. The number of hydrogen-bond donors (Lipinski definition) is 3. The number of benzene rings is 2. The Morgan fingerprint density at radius 3 is 2.11 bits per heavy atom. The summed E-state index contributed by atoms with van der Waals surface area (Å²) < 4.78 is 5.54. The van der Waals surface area contributed by atoms with Crippen LogP contribution in [-0.2, 0) is 14.3 Å². The highest BCUT2D eigenvalue weighted by atomic mass is 16.5. The van der Waals surface area contributed by atoms with E-state index in [0.717, 1.165) is 32.1 Å². The highest BCUT2D eigenvalue weighted by molar-refractivity contribution is 5.79. The molecule has 7 nitrogen and oxygen atoms in total. The summed E-state index contributed by atoms with van der Waals surface area (Å²) >= 11 is 0. The van der Waals surface area contributed by atoms with Crippen molar-refractivity contribution in [3.63, 3.8) is 0 Å². The number of carbonyl (C=O) groups is 3. The molecule has 7 heteroatoms. The average Bonchev–Trinajstić information content (AvgIpc) is 3.18. The fraction of sp³-hybridized carbons (Fsp3) is 0.464. The number of carboxylic acids is 1. The van der Waals surface area contributed by atoms with Crippen molar-refractivity contribution in [2.45, 2.75) is 57.8 Å². The molecule has 3 N–H and O–H groups in total. The van der Waals surface area contributed by atoms with Gasteiger partial charge in [0, 0.05) is 25.4 Å². The molecule has 1 aliphatic carbocycles. The van der Waals surface area contributed by atoms with Gasteiger partial charge in [-0.05, 0) is 41.5 Å². The lowest BCUT2D eigenvalue weighted by molar-refractivity contribution is -0.141. The highest BCUT2D eigenvalue weighted by Crippen LogP contribution is 2.44. The molecule has 3 rings (SSSR count). The minimum absolute atomic E-state index is 0.0282. The van der Waals surface area contributed by atoms with Gasteiger partial charge in [-0.1, -0.05) is 74.7 Å². The van der Waals surface area contributed by atoms with Crippen LogP contribution in [0.5, 0.6) is 0 Å². The Balaban J connectivity index is 1.23. The average molecular weight is 481 g/mol. The molecule has 1 atom stereocenters. The minimum atomic E-state index is -0.840. The third-order valence-electron chi connectivity index (χ3n) is 6.51. The Bertz CT molecular complexity index is 961. The molecule has 0 aromatic heterocycles. The molecule has 1 aliphatic rings. The summed E-state index contributed by atoms with van der Waals surface area (Å²) in [7, 11) is 0. The molecule has 0 saturated carbocycles. The van der Waals surface area contributed by atoms with Gasteiger partial charge >= 0.3 is 12.1 Å². The van der Waals surface area contributed by atoms with Crippen molar-refractivity contribution in [3.05, 3.63) is 59.7 Å². The molecule has 0 spiro atoms. The van der Waals surface area contributed by atoms with E-state index in [1.54, 1.807) is 6.92 Å². The maximum atomic E-state index is 12.2. The van der Waals surface area contributed by atoms with Gasteiger partial charge in [-0.2, -0.15) is 0 Å². The fourth-order valence-electron chi connectivity index (χ4n) is 4.42. The van der Waals surface area contributed by atoms with E-state index in [0.29, 0.717) is 32.5 Å². The number of fused-ring (bicyclic) bond motifs is 3. The molecule has 2 aromatic rings. The number of carboxylic acid groups (broad SMARTS) is 1. The second-order valence-electron chi connectivity index (χ2n) is 9.15. The topological polar surface area (TPSA) is 105 Å². The van der Waals surface area contributed by atoms with Crippen LogP contribution >= 0.6 is 0 Å². The lowest BCUT2D eigenvalue weighted by atomic mass is 9.98. The molecular formula is C28H36N2O5. The standard InChI is InChI=1S/C28H36N2O5/c1-20(27(32)33)16-18-29-26(31)15-5-3-2-4-10-17-30-28(34)35-19-25-23-13-8-6-11-21(23)22-12-7-9-14-24(22)25/h6-9,11-14,20,25H,2-5,10,15-19H2,1H3,(H,29,31)(H,30,34)(H,32,33). The van der Waals surface area contributed by atoms with Gasteiger partial charge in [0.2, 0.25) is 5.91 Å². The molecule has 188 valence electrons. The Hall–Kier alpha value is -3.35. The van der Waals surface area contributed by atoms with E-state index < -0.39 is 11.9 Å². The predicted octanol–water partition coefficient (Wildman–Crippen LogP) is 5.09. The van der Waals surface area contributed by atoms with Crippen molar-refractivity contribution in [3.8, 4) is 11.1 Å². The van der Waals surface area contributed by atoms with Crippen LogP contribution in [0.4, 0.5) is 4.79 Å². The molecule has 0 heterocycles. The number of nitrogens with one attached hydrogen (secondary N) is 2. The molecule has 0 fully saturated rings. The molecule has 0 saturated heterocycles. The highest BCUT2D eigenvalue weighted by Gasteiger charge is 2.28. The second-order valence-corrected chi connectivity index (χ2v) is 9.15. The summed E-state index contributed by atoms with van der Waals surface area (Å²) in [5.41, 5.74) is 4.82. The van der Waals surface area contributed by atoms with E-state index in [2.05, 4.69) is 34.9 Å². The first-order valence-corrected chi connectivity index (χ1v) is 12.6. The smallest absolute Gasteiger partial charge is 0.407 e. The first-order chi connectivity index (χ1) is 17.0. The number of carbonyl (C=O) groups excluding carboxylic acids is 2. The Kier molecular flexibility index (Phi) is 10.1. The minimum Gasteiger partial charge on any atom is -0.481 e. The quantitative estimate of drug-likeness (QED) is 0.327. The van der Waals surface area contributed by atoms with E-state index in [4.69, 9.17) is 9.84 Å². The van der Waals surface area contributed by atoms with Crippen LogP contribution in [0.15, 0.2) is 48.5 Å². The first-order valence-electron chi connectivity index (χ1n) is 12.6. The van der Waals surface area contributed by atoms with E-state index >= 15 is 0 Å². The van der Waals surface area contributed by atoms with Gasteiger partial charge < -0.3 is 20.5 Å². The van der Waals surface area contributed by atoms with E-state index in [1.807, 2.05) is 24.3 Å². The molecule has 0 aliphatic heterocycles. The van der Waals surface area contributed by atoms with Crippen LogP contribution in [0, 0.1) is 5.92 Å². The van der Waals surface area contributed by atoms with Gasteiger partial charge in [-0.15, -0.1) is 0 Å². The number of ether oxygens (including phenoxy) is 1. The van der Waals surface area contributed by atoms with E-state index in [-0.39, 0.29) is 17.9 Å². The summed E-state index contributed by atoms with van der Waals surface area (Å²) in [6.45, 7) is 2.92. The molecular weight excluding hydrogens is 444 g/mol. The van der Waals surface area contributed by atoms with Gasteiger partial charge in [0.25, 0.3) is 0 Å². The number of aliphatic carboxylic acids is 1. The van der Waals surface area contributed by atoms with Crippen molar-refractivity contribution >= 4 is 18.0 Å². The normalized spacial score (nSPS) is 12.9. The molecule has 1 unspecified atom stereocenters. The summed E-state index contributed by atoms with van der Waals surface area (Å²) in [6, 6.07) is 16.5. The van der Waals surface area contributed by atoms with Crippen molar-refractivity contribution in [2.75, 3.05) is 19.7 Å². The third-order valence-corrected chi connectivity index (χ3v) is 6.51. The molecule has 2 aromatic carbocycles. The van der Waals surface area contributed by atoms with E-state index in [1.165, 1.54) is 22.3 Å². The van der Waals surface area contributed by atoms with Crippen LogP contribution in [0.2, 0.25) is 0 Å². The SMILES string of the molecule is CC(CCNC(=O)CCCCCCCNC(=O)OCC1c2ccccc2-c2ccccc21)C(=O)O. The summed E-state index contributed by atoms with van der Waals surface area (Å²) in [5, 5.41) is 14.4. The molecule has 0 radical (unpaired) electrons. The van der Waals surface area contributed by atoms with Gasteiger partial charge in [-0.25, -0.2) is 4.79 Å². The predicted molar refractivity (Wildman–Crippen MR) is 135 cm³/mol. The number of amides is 2. The summed E-state index contributed by atoms with van der Waals surface area (Å²) in [5.74, 6) is -1.25. The molecule has 35 heavy (non-hydrogen) atoms. The fourth-order valence-corrected chi connectivity index (χ4v) is 4.42. The Labute approximate surface area is 207 Å². The van der Waals surface area contributed by atoms with Crippen molar-refractivity contribution in [1.29, 1.82) is 0 Å². The number of rotatable bonds is 14. The lowest BCUT2D eigenvalue weighted by Gasteiger charge is -2.14. The monoisotopic (exact) mass is 480 g/mol. The van der Waals surface area contributed by atoms with Crippen LogP contribution < -0.4 is 10.6 Å². The van der Waals surface area contributed by atoms with Crippen molar-refractivity contribution in [2.24, 2.45) is 5.92 Å². The van der Waals surface area contributed by atoms with Crippen molar-refractivity contribution < 1.29 is 24.2 Å².